The number of hydrogen-bond acceptors (Lipinski definition) is 7. The van der Waals surface area contributed by atoms with Crippen LogP contribution < -0.4 is 22.5 Å². The number of aromatic nitrogens is 4. The lowest BCUT2D eigenvalue weighted by molar-refractivity contribution is 0.215. The van der Waals surface area contributed by atoms with Crippen LogP contribution in [-0.4, -0.2) is 37.0 Å². The van der Waals surface area contributed by atoms with Crippen LogP contribution in [0.15, 0.2) is 54.0 Å². The summed E-state index contributed by atoms with van der Waals surface area (Å²) in [4.78, 5) is 12.6. The Morgan fingerprint density at radius 3 is 2.57 bits per heavy atom. The molecule has 3 aromatic heterocycles. The molecule has 1 saturated carbocycles. The Hall–Kier alpha value is -3.76. The highest BCUT2D eigenvalue weighted by Crippen LogP contribution is 2.46. The van der Waals surface area contributed by atoms with Crippen LogP contribution in [0, 0.1) is 11.2 Å². The van der Waals surface area contributed by atoms with Crippen molar-refractivity contribution in [3.63, 3.8) is 0 Å². The number of fused-ring (bicyclic) bond motifs is 1. The zero-order valence-electron chi connectivity index (χ0n) is 20.8. The van der Waals surface area contributed by atoms with Crippen molar-refractivity contribution in [1.29, 1.82) is 0 Å². The molecule has 0 spiro atoms. The van der Waals surface area contributed by atoms with E-state index in [1.165, 1.54) is 18.2 Å². The summed E-state index contributed by atoms with van der Waals surface area (Å²) in [6, 6.07) is 5.98. The predicted octanol–water partition coefficient (Wildman–Crippen LogP) is 4.52. The quantitative estimate of drug-likeness (QED) is 0.223. The van der Waals surface area contributed by atoms with E-state index >= 15 is 0 Å². The Kier molecular flexibility index (Phi) is 6.04. The predicted molar refractivity (Wildman–Crippen MR) is 145 cm³/mol. The number of amidine groups is 1. The summed E-state index contributed by atoms with van der Waals surface area (Å²) in [5.74, 6) is -0.113. The third-order valence-corrected chi connectivity index (χ3v) is 8.00. The fourth-order valence-corrected chi connectivity index (χ4v) is 4.92. The second-order valence-corrected chi connectivity index (χ2v) is 10.7. The first-order valence-corrected chi connectivity index (χ1v) is 12.3. The SMILES string of the molecule is CC1(C)[C@H](Nc2c(C(N)=Nc3cc(F)ccc3Cl)cnn3cc(-c4cnc(N)nc4)cc23)CC[C@]1(C)N. The zero-order valence-corrected chi connectivity index (χ0v) is 21.6. The fourth-order valence-electron chi connectivity index (χ4n) is 4.76. The lowest BCUT2D eigenvalue weighted by Crippen LogP contribution is -2.51. The minimum absolute atomic E-state index is 0.0521. The van der Waals surface area contributed by atoms with Gasteiger partial charge in [-0.1, -0.05) is 25.4 Å². The molecule has 1 aromatic carbocycles. The maximum atomic E-state index is 13.9. The first-order valence-electron chi connectivity index (χ1n) is 11.9. The average Bonchev–Trinajstić information content (AvgIpc) is 3.36. The molecule has 0 saturated heterocycles. The van der Waals surface area contributed by atoms with Crippen LogP contribution in [0.3, 0.4) is 0 Å². The molecule has 4 aromatic rings. The Morgan fingerprint density at radius 1 is 1.16 bits per heavy atom. The molecule has 192 valence electrons. The molecule has 7 N–H and O–H groups in total. The van der Waals surface area contributed by atoms with Crippen LogP contribution in [0.25, 0.3) is 16.6 Å². The van der Waals surface area contributed by atoms with Crippen LogP contribution in [0.4, 0.5) is 21.7 Å². The van der Waals surface area contributed by atoms with E-state index in [1.54, 1.807) is 23.1 Å². The molecular formula is C26H29ClFN9. The molecule has 0 unspecified atom stereocenters. The Balaban J connectivity index is 1.66. The van der Waals surface area contributed by atoms with Gasteiger partial charge in [-0.15, -0.1) is 0 Å². The van der Waals surface area contributed by atoms with E-state index in [0.717, 1.165) is 35.2 Å². The molecule has 3 heterocycles. The van der Waals surface area contributed by atoms with Crippen LogP contribution in [0.5, 0.6) is 0 Å². The van der Waals surface area contributed by atoms with Gasteiger partial charge in [-0.3, -0.25) is 0 Å². The summed E-state index contributed by atoms with van der Waals surface area (Å²) in [6.07, 6.45) is 8.57. The van der Waals surface area contributed by atoms with E-state index in [2.05, 4.69) is 46.1 Å². The molecule has 1 aliphatic rings. The third-order valence-electron chi connectivity index (χ3n) is 7.68. The molecule has 9 nitrogen and oxygen atoms in total. The maximum absolute atomic E-state index is 13.9. The number of anilines is 2. The monoisotopic (exact) mass is 521 g/mol. The number of rotatable bonds is 5. The summed E-state index contributed by atoms with van der Waals surface area (Å²) in [6.45, 7) is 6.40. The molecule has 1 fully saturated rings. The smallest absolute Gasteiger partial charge is 0.219 e. The molecule has 0 radical (unpaired) electrons. The van der Waals surface area contributed by atoms with E-state index in [4.69, 9.17) is 28.8 Å². The number of nitrogens with zero attached hydrogens (tertiary/aromatic N) is 5. The topological polar surface area (TPSA) is 146 Å². The van der Waals surface area contributed by atoms with Gasteiger partial charge in [-0.05, 0) is 38.0 Å². The van der Waals surface area contributed by atoms with E-state index < -0.39 is 5.82 Å². The van der Waals surface area contributed by atoms with Crippen LogP contribution in [0.2, 0.25) is 5.02 Å². The minimum Gasteiger partial charge on any atom is -0.383 e. The first-order chi connectivity index (χ1) is 17.5. The molecule has 0 amide bonds. The summed E-state index contributed by atoms with van der Waals surface area (Å²) >= 11 is 6.25. The van der Waals surface area contributed by atoms with Gasteiger partial charge < -0.3 is 22.5 Å². The highest BCUT2D eigenvalue weighted by molar-refractivity contribution is 6.33. The molecule has 0 bridgehead atoms. The van der Waals surface area contributed by atoms with Gasteiger partial charge in [0.05, 0.1) is 33.7 Å². The van der Waals surface area contributed by atoms with E-state index in [9.17, 15) is 4.39 Å². The van der Waals surface area contributed by atoms with E-state index in [0.29, 0.717) is 5.56 Å². The number of aliphatic imine (C=N–C) groups is 1. The molecular weight excluding hydrogens is 493 g/mol. The lowest BCUT2D eigenvalue weighted by atomic mass is 9.75. The van der Waals surface area contributed by atoms with Crippen molar-refractivity contribution in [2.24, 2.45) is 21.9 Å². The highest BCUT2D eigenvalue weighted by atomic mass is 35.5. The van der Waals surface area contributed by atoms with Gasteiger partial charge >= 0.3 is 0 Å². The van der Waals surface area contributed by atoms with Gasteiger partial charge in [0.15, 0.2) is 0 Å². The fraction of sp³-hybridized carbons (Fsp3) is 0.308. The Bertz CT molecular complexity index is 1510. The van der Waals surface area contributed by atoms with Crippen LogP contribution in [0.1, 0.15) is 39.2 Å². The van der Waals surface area contributed by atoms with Crippen molar-refractivity contribution >= 4 is 40.3 Å². The molecule has 2 atom stereocenters. The first kappa shape index (κ1) is 24.9. The second-order valence-electron chi connectivity index (χ2n) is 10.3. The highest BCUT2D eigenvalue weighted by Gasteiger charge is 2.49. The number of nitrogens with one attached hydrogen (secondary N) is 1. The van der Waals surface area contributed by atoms with Crippen molar-refractivity contribution < 1.29 is 4.39 Å². The van der Waals surface area contributed by atoms with Gasteiger partial charge in [0.25, 0.3) is 0 Å². The summed E-state index contributed by atoms with van der Waals surface area (Å²) < 4.78 is 15.6. The number of nitrogens with two attached hydrogens (primary N) is 3. The van der Waals surface area contributed by atoms with E-state index in [1.807, 2.05) is 12.3 Å². The number of benzene rings is 1. The Labute approximate surface area is 219 Å². The van der Waals surface area contributed by atoms with Crippen molar-refractivity contribution in [3.8, 4) is 11.1 Å². The molecule has 37 heavy (non-hydrogen) atoms. The van der Waals surface area contributed by atoms with Crippen molar-refractivity contribution in [2.75, 3.05) is 11.1 Å². The summed E-state index contributed by atoms with van der Waals surface area (Å²) in [5.41, 5.74) is 22.2. The summed E-state index contributed by atoms with van der Waals surface area (Å²) in [5, 5.41) is 8.56. The van der Waals surface area contributed by atoms with Gasteiger partial charge in [-0.25, -0.2) is 23.9 Å². The van der Waals surface area contributed by atoms with Crippen molar-refractivity contribution in [1.82, 2.24) is 19.6 Å². The molecule has 11 heteroatoms. The normalized spacial score (nSPS) is 21.5. The van der Waals surface area contributed by atoms with Gasteiger partial charge in [0, 0.05) is 52.8 Å². The number of hydrogen-bond donors (Lipinski definition) is 4. The van der Waals surface area contributed by atoms with Crippen molar-refractivity contribution in [2.45, 2.75) is 45.2 Å². The molecule has 5 rings (SSSR count). The molecule has 1 aliphatic carbocycles. The molecule has 0 aliphatic heterocycles. The second kappa shape index (κ2) is 8.97. The number of nitrogen functional groups attached to an aromatic ring is 1. The minimum atomic E-state index is -0.459. The van der Waals surface area contributed by atoms with Gasteiger partial charge in [-0.2, -0.15) is 5.10 Å². The Morgan fingerprint density at radius 2 is 1.89 bits per heavy atom. The van der Waals surface area contributed by atoms with Crippen LogP contribution >= 0.6 is 11.6 Å². The largest absolute Gasteiger partial charge is 0.383 e. The number of halogens is 2. The van der Waals surface area contributed by atoms with Gasteiger partial charge in [0.1, 0.15) is 11.7 Å². The van der Waals surface area contributed by atoms with Gasteiger partial charge in [0.2, 0.25) is 5.95 Å². The maximum Gasteiger partial charge on any atom is 0.219 e. The average molecular weight is 522 g/mol. The zero-order chi connectivity index (χ0) is 26.5. The van der Waals surface area contributed by atoms with Crippen LogP contribution in [-0.2, 0) is 0 Å². The lowest BCUT2D eigenvalue weighted by Gasteiger charge is -2.39. The third kappa shape index (κ3) is 4.47. The van der Waals surface area contributed by atoms with Crippen molar-refractivity contribution in [3.05, 3.63) is 65.5 Å². The summed E-state index contributed by atoms with van der Waals surface area (Å²) in [7, 11) is 0. The van der Waals surface area contributed by atoms with E-state index in [-0.39, 0.29) is 39.5 Å². The standard InChI is InChI=1S/C26H29ClFN9/c1-25(2)21(6-7-26(25,3)31)36-22-17(23(29)35-19-9-16(28)4-5-18(19)27)12-34-37-13-14(8-20(22)37)15-10-32-24(30)33-11-15/h4-5,8-13,21,36H,6-7,31H2,1-3H3,(H2,29,35)(H2,30,32,33)/t21-,26+/m1/s1.